The van der Waals surface area contributed by atoms with Crippen LogP contribution in [0.1, 0.15) is 39.0 Å². The van der Waals surface area contributed by atoms with Crippen LogP contribution in [0.5, 0.6) is 0 Å². The number of rotatable bonds is 3. The molecule has 2 aliphatic rings. The van der Waals surface area contributed by atoms with Crippen LogP contribution in [-0.2, 0) is 4.79 Å². The van der Waals surface area contributed by atoms with E-state index >= 15 is 0 Å². The average molecular weight is 253 g/mol. The maximum absolute atomic E-state index is 12.4. The zero-order chi connectivity index (χ0) is 13.0. The Labute approximate surface area is 110 Å². The molecule has 0 aromatic heterocycles. The fourth-order valence-corrected chi connectivity index (χ4v) is 3.14. The Balaban J connectivity index is 1.79. The summed E-state index contributed by atoms with van der Waals surface area (Å²) in [4.78, 5) is 16.9. The maximum Gasteiger partial charge on any atom is 0.225 e. The fraction of sp³-hybridized carbons (Fsp3) is 0.929. The Kier molecular flexibility index (Phi) is 5.01. The lowest BCUT2D eigenvalue weighted by Crippen LogP contribution is -2.54. The summed E-state index contributed by atoms with van der Waals surface area (Å²) in [5.41, 5.74) is 5.69. The van der Waals surface area contributed by atoms with Crippen molar-refractivity contribution < 1.29 is 4.79 Å². The molecule has 1 amide bonds. The molecule has 1 saturated heterocycles. The van der Waals surface area contributed by atoms with Crippen LogP contribution in [0.15, 0.2) is 0 Å². The van der Waals surface area contributed by atoms with E-state index in [1.807, 2.05) is 0 Å². The zero-order valence-electron chi connectivity index (χ0n) is 11.6. The van der Waals surface area contributed by atoms with Crippen molar-refractivity contribution in [2.24, 2.45) is 11.7 Å². The van der Waals surface area contributed by atoms with Crippen LogP contribution in [0.3, 0.4) is 0 Å². The van der Waals surface area contributed by atoms with Crippen LogP contribution in [0.2, 0.25) is 0 Å². The number of carbonyl (C=O) groups excluding carboxylic acids is 1. The van der Waals surface area contributed by atoms with Gasteiger partial charge in [-0.15, -0.1) is 0 Å². The van der Waals surface area contributed by atoms with Crippen molar-refractivity contribution >= 4 is 5.91 Å². The Morgan fingerprint density at radius 3 is 2.33 bits per heavy atom. The van der Waals surface area contributed by atoms with Gasteiger partial charge in [0.25, 0.3) is 0 Å². The third-order valence-corrected chi connectivity index (χ3v) is 4.54. The third kappa shape index (κ3) is 3.23. The molecule has 0 bridgehead atoms. The van der Waals surface area contributed by atoms with E-state index in [1.54, 1.807) is 0 Å². The van der Waals surface area contributed by atoms with Gasteiger partial charge in [0.15, 0.2) is 0 Å². The summed E-state index contributed by atoms with van der Waals surface area (Å²) >= 11 is 0. The van der Waals surface area contributed by atoms with Gasteiger partial charge in [-0.2, -0.15) is 0 Å². The number of carbonyl (C=O) groups is 1. The Morgan fingerprint density at radius 1 is 1.17 bits per heavy atom. The highest BCUT2D eigenvalue weighted by molar-refractivity contribution is 5.79. The maximum atomic E-state index is 12.4. The molecule has 0 aromatic rings. The van der Waals surface area contributed by atoms with Crippen LogP contribution >= 0.6 is 0 Å². The molecule has 1 aliphatic carbocycles. The van der Waals surface area contributed by atoms with Crippen molar-refractivity contribution in [3.8, 4) is 0 Å². The molecular weight excluding hydrogens is 226 g/mol. The van der Waals surface area contributed by atoms with Gasteiger partial charge in [0.1, 0.15) is 0 Å². The van der Waals surface area contributed by atoms with Crippen LogP contribution in [0.25, 0.3) is 0 Å². The smallest absolute Gasteiger partial charge is 0.225 e. The summed E-state index contributed by atoms with van der Waals surface area (Å²) in [6.45, 7) is 6.61. The molecule has 4 nitrogen and oxygen atoms in total. The lowest BCUT2D eigenvalue weighted by molar-refractivity contribution is -0.138. The standard InChI is InChI=1S/C14H27N3O/c1-12(11-15)16-7-9-17(10-8-16)14(18)13-5-3-2-4-6-13/h12-13H,2-11,15H2,1H3. The summed E-state index contributed by atoms with van der Waals surface area (Å²) in [6.07, 6.45) is 6.00. The quantitative estimate of drug-likeness (QED) is 0.818. The van der Waals surface area contributed by atoms with Crippen molar-refractivity contribution in [2.45, 2.75) is 45.1 Å². The number of hydrogen-bond donors (Lipinski definition) is 1. The first kappa shape index (κ1) is 13.8. The zero-order valence-corrected chi connectivity index (χ0v) is 11.6. The van der Waals surface area contributed by atoms with Gasteiger partial charge in [-0.25, -0.2) is 0 Å². The van der Waals surface area contributed by atoms with Gasteiger partial charge in [0.2, 0.25) is 5.91 Å². The molecule has 0 spiro atoms. The van der Waals surface area contributed by atoms with Crippen LogP contribution < -0.4 is 5.73 Å². The second kappa shape index (κ2) is 6.53. The summed E-state index contributed by atoms with van der Waals surface area (Å²) in [6, 6.07) is 0.442. The van der Waals surface area contributed by atoms with E-state index in [0.29, 0.717) is 24.4 Å². The average Bonchev–Trinajstić information content (AvgIpc) is 2.47. The predicted molar refractivity (Wildman–Crippen MR) is 73.2 cm³/mol. The first-order valence-corrected chi connectivity index (χ1v) is 7.45. The van der Waals surface area contributed by atoms with Crippen molar-refractivity contribution in [1.29, 1.82) is 0 Å². The molecule has 2 rings (SSSR count). The van der Waals surface area contributed by atoms with E-state index in [4.69, 9.17) is 5.73 Å². The minimum absolute atomic E-state index is 0.317. The summed E-state index contributed by atoms with van der Waals surface area (Å²) in [7, 11) is 0. The normalized spacial score (nSPS) is 25.1. The molecule has 1 aliphatic heterocycles. The summed E-state index contributed by atoms with van der Waals surface area (Å²) in [5.74, 6) is 0.729. The highest BCUT2D eigenvalue weighted by atomic mass is 16.2. The van der Waals surface area contributed by atoms with E-state index in [0.717, 1.165) is 39.0 Å². The first-order chi connectivity index (χ1) is 8.72. The highest BCUT2D eigenvalue weighted by Gasteiger charge is 2.29. The van der Waals surface area contributed by atoms with Crippen LogP contribution in [0.4, 0.5) is 0 Å². The highest BCUT2D eigenvalue weighted by Crippen LogP contribution is 2.25. The van der Waals surface area contributed by atoms with E-state index in [2.05, 4.69) is 16.7 Å². The molecule has 2 fully saturated rings. The van der Waals surface area contributed by atoms with Gasteiger partial charge in [-0.05, 0) is 19.8 Å². The van der Waals surface area contributed by atoms with Crippen LogP contribution in [-0.4, -0.2) is 54.5 Å². The molecule has 1 heterocycles. The lowest BCUT2D eigenvalue weighted by Gasteiger charge is -2.39. The predicted octanol–water partition coefficient (Wildman–Crippen LogP) is 1.06. The minimum atomic E-state index is 0.317. The minimum Gasteiger partial charge on any atom is -0.340 e. The SMILES string of the molecule is CC(CN)N1CCN(C(=O)C2CCCCC2)CC1. The summed E-state index contributed by atoms with van der Waals surface area (Å²) in [5, 5.41) is 0. The second-order valence-electron chi connectivity index (χ2n) is 5.78. The summed E-state index contributed by atoms with van der Waals surface area (Å²) < 4.78 is 0. The monoisotopic (exact) mass is 253 g/mol. The molecule has 0 aromatic carbocycles. The molecule has 2 N–H and O–H groups in total. The molecule has 1 saturated carbocycles. The molecule has 4 heteroatoms. The topological polar surface area (TPSA) is 49.6 Å². The Bertz CT molecular complexity index is 268. The fourth-order valence-electron chi connectivity index (χ4n) is 3.14. The number of piperazine rings is 1. The van der Waals surface area contributed by atoms with Crippen molar-refractivity contribution in [3.05, 3.63) is 0 Å². The van der Waals surface area contributed by atoms with Gasteiger partial charge in [0.05, 0.1) is 0 Å². The van der Waals surface area contributed by atoms with Crippen molar-refractivity contribution in [3.63, 3.8) is 0 Å². The van der Waals surface area contributed by atoms with E-state index in [-0.39, 0.29) is 0 Å². The number of amides is 1. The molecular formula is C14H27N3O. The van der Waals surface area contributed by atoms with E-state index in [9.17, 15) is 4.79 Å². The first-order valence-electron chi connectivity index (χ1n) is 7.45. The van der Waals surface area contributed by atoms with Gasteiger partial charge < -0.3 is 10.6 Å². The Morgan fingerprint density at radius 2 is 1.78 bits per heavy atom. The molecule has 0 radical (unpaired) electrons. The van der Waals surface area contributed by atoms with E-state index in [1.165, 1.54) is 19.3 Å². The Hall–Kier alpha value is -0.610. The van der Waals surface area contributed by atoms with Crippen molar-refractivity contribution in [2.75, 3.05) is 32.7 Å². The van der Waals surface area contributed by atoms with Gasteiger partial charge in [-0.3, -0.25) is 9.69 Å². The molecule has 1 unspecified atom stereocenters. The van der Waals surface area contributed by atoms with E-state index < -0.39 is 0 Å². The van der Waals surface area contributed by atoms with Crippen molar-refractivity contribution in [1.82, 2.24) is 9.80 Å². The molecule has 18 heavy (non-hydrogen) atoms. The third-order valence-electron chi connectivity index (χ3n) is 4.54. The molecule has 104 valence electrons. The number of nitrogens with two attached hydrogens (primary N) is 1. The second-order valence-corrected chi connectivity index (χ2v) is 5.78. The largest absolute Gasteiger partial charge is 0.340 e. The van der Waals surface area contributed by atoms with Gasteiger partial charge in [-0.1, -0.05) is 19.3 Å². The molecule has 1 atom stereocenters. The van der Waals surface area contributed by atoms with Crippen LogP contribution in [0, 0.1) is 5.92 Å². The van der Waals surface area contributed by atoms with Gasteiger partial charge in [0, 0.05) is 44.7 Å². The number of nitrogens with zero attached hydrogens (tertiary/aromatic N) is 2. The van der Waals surface area contributed by atoms with Gasteiger partial charge >= 0.3 is 0 Å². The lowest BCUT2D eigenvalue weighted by atomic mass is 9.88. The number of hydrogen-bond acceptors (Lipinski definition) is 3.